The molecule has 1 atom stereocenters. The van der Waals surface area contributed by atoms with Crippen LogP contribution in [0.15, 0.2) is 66.4 Å². The fraction of sp³-hybridized carbons (Fsp3) is 0.111. The Morgan fingerprint density at radius 1 is 1.05 bits per heavy atom. The smallest absolute Gasteiger partial charge is 0.123 e. The molecule has 22 heavy (non-hydrogen) atoms. The van der Waals surface area contributed by atoms with E-state index in [2.05, 4.69) is 5.32 Å². The summed E-state index contributed by atoms with van der Waals surface area (Å²) in [5.74, 6) is -0.298. The van der Waals surface area contributed by atoms with Crippen molar-refractivity contribution in [3.8, 4) is 12.1 Å². The molecule has 2 rings (SSSR count). The maximum absolute atomic E-state index is 13.1. The molecule has 0 amide bonds. The monoisotopic (exact) mass is 291 g/mol. The molecule has 1 unspecified atom stereocenters. The Morgan fingerprint density at radius 2 is 1.68 bits per heavy atom. The molecule has 0 saturated heterocycles. The second-order valence-corrected chi connectivity index (χ2v) is 4.68. The fourth-order valence-corrected chi connectivity index (χ4v) is 2.08. The van der Waals surface area contributed by atoms with Gasteiger partial charge in [0.15, 0.2) is 0 Å². The highest BCUT2D eigenvalue weighted by Crippen LogP contribution is 2.22. The SMILES string of the molecule is N#CC/C(C#N)=C/NC(c1ccccc1)c1ccc(F)cc1. The number of halogens is 1. The zero-order chi connectivity index (χ0) is 15.8. The molecule has 0 aliphatic rings. The van der Waals surface area contributed by atoms with Gasteiger partial charge in [-0.2, -0.15) is 10.5 Å². The van der Waals surface area contributed by atoms with Crippen LogP contribution in [0.1, 0.15) is 23.6 Å². The van der Waals surface area contributed by atoms with E-state index in [9.17, 15) is 4.39 Å². The highest BCUT2D eigenvalue weighted by molar-refractivity contribution is 5.33. The molecule has 4 heteroatoms. The van der Waals surface area contributed by atoms with Crippen LogP contribution < -0.4 is 5.32 Å². The molecule has 0 radical (unpaired) electrons. The van der Waals surface area contributed by atoms with Crippen LogP contribution in [0.5, 0.6) is 0 Å². The molecule has 0 saturated carbocycles. The number of benzene rings is 2. The Balaban J connectivity index is 2.33. The van der Waals surface area contributed by atoms with Crippen molar-refractivity contribution in [1.82, 2.24) is 5.32 Å². The molecule has 0 aliphatic heterocycles. The van der Waals surface area contributed by atoms with Crippen molar-refractivity contribution in [3.63, 3.8) is 0 Å². The molecule has 0 fully saturated rings. The second kappa shape index (κ2) is 7.61. The number of rotatable bonds is 5. The predicted octanol–water partition coefficient (Wildman–Crippen LogP) is 3.83. The van der Waals surface area contributed by atoms with Gasteiger partial charge in [-0.25, -0.2) is 4.39 Å². The van der Waals surface area contributed by atoms with E-state index >= 15 is 0 Å². The van der Waals surface area contributed by atoms with Gasteiger partial charge in [0.2, 0.25) is 0 Å². The van der Waals surface area contributed by atoms with Crippen LogP contribution in [0.25, 0.3) is 0 Å². The van der Waals surface area contributed by atoms with E-state index in [4.69, 9.17) is 10.5 Å². The molecule has 2 aromatic rings. The minimum atomic E-state index is -0.298. The predicted molar refractivity (Wildman–Crippen MR) is 81.7 cm³/mol. The highest BCUT2D eigenvalue weighted by atomic mass is 19.1. The Kier molecular flexibility index (Phi) is 5.29. The van der Waals surface area contributed by atoms with Gasteiger partial charge in [-0.3, -0.25) is 0 Å². The first-order valence-corrected chi connectivity index (χ1v) is 6.77. The first-order valence-electron chi connectivity index (χ1n) is 6.77. The van der Waals surface area contributed by atoms with Crippen molar-refractivity contribution in [3.05, 3.63) is 83.3 Å². The zero-order valence-corrected chi connectivity index (χ0v) is 11.8. The van der Waals surface area contributed by atoms with Crippen LogP contribution in [-0.2, 0) is 0 Å². The molecule has 0 spiro atoms. The second-order valence-electron chi connectivity index (χ2n) is 4.68. The number of allylic oxidation sites excluding steroid dienone is 1. The van der Waals surface area contributed by atoms with E-state index in [1.807, 2.05) is 42.5 Å². The minimum absolute atomic E-state index is 0.0500. The molecule has 3 nitrogen and oxygen atoms in total. The summed E-state index contributed by atoms with van der Waals surface area (Å²) >= 11 is 0. The average molecular weight is 291 g/mol. The summed E-state index contributed by atoms with van der Waals surface area (Å²) in [4.78, 5) is 0. The molecular weight excluding hydrogens is 277 g/mol. The third-order valence-corrected chi connectivity index (χ3v) is 3.17. The largest absolute Gasteiger partial charge is 0.379 e. The van der Waals surface area contributed by atoms with Crippen molar-refractivity contribution < 1.29 is 4.39 Å². The number of hydrogen-bond acceptors (Lipinski definition) is 3. The van der Waals surface area contributed by atoms with Gasteiger partial charge in [0, 0.05) is 6.20 Å². The quantitative estimate of drug-likeness (QED) is 0.852. The maximum atomic E-state index is 13.1. The first kappa shape index (κ1) is 15.3. The third kappa shape index (κ3) is 3.94. The lowest BCUT2D eigenvalue weighted by Crippen LogP contribution is -2.17. The summed E-state index contributed by atoms with van der Waals surface area (Å²) in [5.41, 5.74) is 2.21. The summed E-state index contributed by atoms with van der Waals surface area (Å²) < 4.78 is 13.1. The van der Waals surface area contributed by atoms with E-state index in [0.29, 0.717) is 5.57 Å². The summed E-state index contributed by atoms with van der Waals surface area (Å²) in [5, 5.41) is 20.8. The van der Waals surface area contributed by atoms with Crippen molar-refractivity contribution in [2.24, 2.45) is 0 Å². The fourth-order valence-electron chi connectivity index (χ4n) is 2.08. The van der Waals surface area contributed by atoms with Crippen molar-refractivity contribution in [1.29, 1.82) is 10.5 Å². The molecule has 0 aliphatic carbocycles. The molecular formula is C18H14FN3. The van der Waals surface area contributed by atoms with E-state index < -0.39 is 0 Å². The van der Waals surface area contributed by atoms with Gasteiger partial charge in [-0.15, -0.1) is 0 Å². The van der Waals surface area contributed by atoms with Gasteiger partial charge in [0.05, 0.1) is 30.2 Å². The number of nitrogens with zero attached hydrogens (tertiary/aromatic N) is 2. The third-order valence-electron chi connectivity index (χ3n) is 3.17. The average Bonchev–Trinajstić information content (AvgIpc) is 2.56. The van der Waals surface area contributed by atoms with Crippen LogP contribution in [0.4, 0.5) is 4.39 Å². The van der Waals surface area contributed by atoms with Gasteiger partial charge in [0.25, 0.3) is 0 Å². The summed E-state index contributed by atoms with van der Waals surface area (Å²) in [6.45, 7) is 0. The Morgan fingerprint density at radius 3 is 2.27 bits per heavy atom. The topological polar surface area (TPSA) is 59.6 Å². The van der Waals surface area contributed by atoms with Gasteiger partial charge >= 0.3 is 0 Å². The molecule has 0 bridgehead atoms. The Labute approximate surface area is 128 Å². The van der Waals surface area contributed by atoms with Gasteiger partial charge in [0.1, 0.15) is 5.82 Å². The van der Waals surface area contributed by atoms with E-state index in [-0.39, 0.29) is 18.3 Å². The molecule has 2 aromatic carbocycles. The van der Waals surface area contributed by atoms with Crippen LogP contribution in [0, 0.1) is 28.5 Å². The summed E-state index contributed by atoms with van der Waals surface area (Å²) in [7, 11) is 0. The van der Waals surface area contributed by atoms with E-state index in [1.54, 1.807) is 18.3 Å². The zero-order valence-electron chi connectivity index (χ0n) is 11.8. The lowest BCUT2D eigenvalue weighted by atomic mass is 9.98. The van der Waals surface area contributed by atoms with Crippen LogP contribution >= 0.6 is 0 Å². The molecule has 0 aromatic heterocycles. The standard InChI is InChI=1S/C18H14FN3/c19-17-8-6-16(7-9-17)18(15-4-2-1-3-5-15)22-13-14(12-21)10-11-20/h1-9,13,18,22H,10H2/b14-13-. The van der Waals surface area contributed by atoms with Gasteiger partial charge in [-0.1, -0.05) is 42.5 Å². The molecule has 1 N–H and O–H groups in total. The molecule has 0 heterocycles. The normalized spacial score (nSPS) is 12.0. The van der Waals surface area contributed by atoms with Crippen LogP contribution in [-0.4, -0.2) is 0 Å². The van der Waals surface area contributed by atoms with Crippen molar-refractivity contribution >= 4 is 0 Å². The van der Waals surface area contributed by atoms with E-state index in [1.165, 1.54) is 12.1 Å². The van der Waals surface area contributed by atoms with Gasteiger partial charge in [-0.05, 0) is 23.3 Å². The number of nitriles is 2. The highest BCUT2D eigenvalue weighted by Gasteiger charge is 2.12. The Hall–Kier alpha value is -3.11. The minimum Gasteiger partial charge on any atom is -0.379 e. The van der Waals surface area contributed by atoms with Crippen molar-refractivity contribution in [2.75, 3.05) is 0 Å². The number of nitrogens with one attached hydrogen (secondary N) is 1. The van der Waals surface area contributed by atoms with Crippen LogP contribution in [0.3, 0.4) is 0 Å². The lowest BCUT2D eigenvalue weighted by Gasteiger charge is -2.19. The summed E-state index contributed by atoms with van der Waals surface area (Å²) in [6, 6.07) is 19.6. The maximum Gasteiger partial charge on any atom is 0.123 e. The lowest BCUT2D eigenvalue weighted by molar-refractivity contribution is 0.624. The van der Waals surface area contributed by atoms with Gasteiger partial charge < -0.3 is 5.32 Å². The van der Waals surface area contributed by atoms with E-state index in [0.717, 1.165) is 11.1 Å². The first-order chi connectivity index (χ1) is 10.7. The summed E-state index contributed by atoms with van der Waals surface area (Å²) in [6.07, 6.45) is 1.60. The molecule has 108 valence electrons. The number of hydrogen-bond donors (Lipinski definition) is 1. The van der Waals surface area contributed by atoms with Crippen molar-refractivity contribution in [2.45, 2.75) is 12.5 Å². The Bertz CT molecular complexity index is 722. The van der Waals surface area contributed by atoms with Crippen LogP contribution in [0.2, 0.25) is 0 Å².